The zero-order chi connectivity index (χ0) is 35.1. The van der Waals surface area contributed by atoms with Gasteiger partial charge in [-0.1, -0.05) is 0 Å². The van der Waals surface area contributed by atoms with Crippen LogP contribution in [0.1, 0.15) is 37.1 Å². The van der Waals surface area contributed by atoms with Gasteiger partial charge in [-0.05, 0) is 63.0 Å². The summed E-state index contributed by atoms with van der Waals surface area (Å²) in [6, 6.07) is 9.87. The molecule has 4 rings (SSSR count). The van der Waals surface area contributed by atoms with Crippen LogP contribution in [0.2, 0.25) is 0 Å². The summed E-state index contributed by atoms with van der Waals surface area (Å²) in [5, 5.41) is 0. The fourth-order valence-electron chi connectivity index (χ4n) is 5.04. The molecule has 0 spiro atoms. The van der Waals surface area contributed by atoms with E-state index in [4.69, 9.17) is 25.9 Å². The molecule has 47 heavy (non-hydrogen) atoms. The van der Waals surface area contributed by atoms with Gasteiger partial charge in [0.2, 0.25) is 0 Å². The molecule has 0 aromatic carbocycles. The Hall–Kier alpha value is -2.26. The van der Waals surface area contributed by atoms with Gasteiger partial charge in [0.25, 0.3) is 0 Å². The van der Waals surface area contributed by atoms with Crippen molar-refractivity contribution in [3.05, 3.63) is 48.0 Å². The quantitative estimate of drug-likeness (QED) is 0.182. The van der Waals surface area contributed by atoms with Gasteiger partial charge in [-0.2, -0.15) is 43.2 Å². The van der Waals surface area contributed by atoms with Crippen LogP contribution in [-0.4, -0.2) is 110 Å². The van der Waals surface area contributed by atoms with E-state index in [2.05, 4.69) is 82.0 Å². The average Bonchev–Trinajstić information content (AvgIpc) is 3.56. The second-order valence-electron chi connectivity index (χ2n) is 11.0. The molecule has 2 fully saturated rings. The Balaban J connectivity index is 0.000000541. The number of alkyl halides is 6. The van der Waals surface area contributed by atoms with Crippen LogP contribution < -0.4 is 9.80 Å². The Morgan fingerprint density at radius 1 is 0.723 bits per heavy atom. The Morgan fingerprint density at radius 3 is 1.28 bits per heavy atom. The molecule has 270 valence electrons. The van der Waals surface area contributed by atoms with Crippen LogP contribution in [-0.2, 0) is 50.4 Å². The first-order chi connectivity index (χ1) is 21.0. The molecule has 2 aromatic heterocycles. The zero-order valence-corrected chi connectivity index (χ0v) is 28.7. The minimum Gasteiger partial charge on any atom is -0.378 e. The molecule has 21 heteroatoms. The first kappa shape index (κ1) is 42.8. The van der Waals surface area contributed by atoms with Crippen LogP contribution >= 0.6 is 0 Å². The number of halogens is 6. The SMILES string of the molecule is CN(C)c1ccnc(CN2CCC[C@H]2[C@@H]2CCCN2Cc2cc(N(C)C)ccn2)c1.O=S(=O)(O)C(F)(F)F.O=S(=O)(O)C(F)(F)F.[Fe]. The molecule has 0 saturated carbocycles. The molecule has 0 unspecified atom stereocenters. The maximum absolute atomic E-state index is 10.7. The first-order valence-corrected chi connectivity index (χ1v) is 16.7. The van der Waals surface area contributed by atoms with E-state index in [9.17, 15) is 26.3 Å². The van der Waals surface area contributed by atoms with Crippen molar-refractivity contribution in [3.8, 4) is 0 Å². The van der Waals surface area contributed by atoms with Gasteiger partial charge in [-0.3, -0.25) is 28.9 Å². The number of pyridine rings is 2. The van der Waals surface area contributed by atoms with Gasteiger partial charge in [0.05, 0.1) is 11.4 Å². The van der Waals surface area contributed by atoms with Gasteiger partial charge in [0.15, 0.2) is 0 Å². The summed E-state index contributed by atoms with van der Waals surface area (Å²) >= 11 is 0. The molecule has 2 atom stereocenters. The van der Waals surface area contributed by atoms with Crippen molar-refractivity contribution in [2.24, 2.45) is 0 Å². The minimum absolute atomic E-state index is 0. The summed E-state index contributed by atoms with van der Waals surface area (Å²) in [6.07, 6.45) is 9.05. The molecule has 2 aromatic rings. The Morgan fingerprint density at radius 2 is 1.02 bits per heavy atom. The maximum Gasteiger partial charge on any atom is 0.522 e. The van der Waals surface area contributed by atoms with E-state index >= 15 is 0 Å². The van der Waals surface area contributed by atoms with E-state index in [0.717, 1.165) is 13.1 Å². The molecular weight excluding hydrogens is 726 g/mol. The number of nitrogens with zero attached hydrogens (tertiary/aromatic N) is 6. The van der Waals surface area contributed by atoms with Crippen LogP contribution in [0, 0.1) is 0 Å². The van der Waals surface area contributed by atoms with Gasteiger partial charge >= 0.3 is 31.3 Å². The molecule has 2 saturated heterocycles. The minimum atomic E-state index is -5.84. The third-order valence-electron chi connectivity index (χ3n) is 7.22. The van der Waals surface area contributed by atoms with E-state index in [1.165, 1.54) is 61.5 Å². The first-order valence-electron chi connectivity index (χ1n) is 13.8. The normalized spacial score (nSPS) is 19.1. The number of rotatable bonds is 7. The fourth-order valence-corrected chi connectivity index (χ4v) is 5.04. The van der Waals surface area contributed by atoms with Crippen molar-refractivity contribution in [3.63, 3.8) is 0 Å². The molecular formula is C26H38F6FeN6O6S2. The molecule has 0 bridgehead atoms. The van der Waals surface area contributed by atoms with E-state index in [1.54, 1.807) is 0 Å². The molecule has 2 aliphatic rings. The average molecular weight is 765 g/mol. The van der Waals surface area contributed by atoms with Gasteiger partial charge in [-0.15, -0.1) is 0 Å². The van der Waals surface area contributed by atoms with Crippen LogP contribution in [0.25, 0.3) is 0 Å². The molecule has 0 aliphatic carbocycles. The van der Waals surface area contributed by atoms with E-state index in [1.807, 2.05) is 12.4 Å². The summed E-state index contributed by atoms with van der Waals surface area (Å²) in [7, 11) is -3.32. The van der Waals surface area contributed by atoms with E-state index in [-0.39, 0.29) is 17.1 Å². The number of likely N-dealkylation sites (tertiary alicyclic amines) is 2. The van der Waals surface area contributed by atoms with Crippen molar-refractivity contribution in [2.75, 3.05) is 51.1 Å². The van der Waals surface area contributed by atoms with Crippen molar-refractivity contribution in [1.29, 1.82) is 0 Å². The summed E-state index contributed by atoms with van der Waals surface area (Å²) in [5.74, 6) is 0. The van der Waals surface area contributed by atoms with E-state index < -0.39 is 31.3 Å². The van der Waals surface area contributed by atoms with Crippen molar-refractivity contribution in [2.45, 2.75) is 61.9 Å². The standard InChI is InChI=1S/C24H36N6.2CHF3O3S.Fe/c1-27(2)21-9-11-25-19(15-21)17-29-13-5-7-23(29)24-8-6-14-30(24)18-20-16-22(28(3)4)10-12-26-20;2*2-1(3,4)8(5,6)7;/h9-12,15-16,23-24H,5-8,13-14,17-18H2,1-4H3;2*(H,5,6,7);/t23-,24-;;;/m0.../s1. The topological polar surface area (TPSA) is 147 Å². The predicted molar refractivity (Wildman–Crippen MR) is 159 cm³/mol. The van der Waals surface area contributed by atoms with Crippen molar-refractivity contribution < 1.29 is 69.4 Å². The van der Waals surface area contributed by atoms with Gasteiger partial charge in [-0.25, -0.2) is 0 Å². The Bertz CT molecular complexity index is 1390. The predicted octanol–water partition coefficient (Wildman–Crippen LogP) is 4.02. The summed E-state index contributed by atoms with van der Waals surface area (Å²) < 4.78 is 115. The van der Waals surface area contributed by atoms with Crippen LogP contribution in [0.5, 0.6) is 0 Å². The summed E-state index contributed by atoms with van der Waals surface area (Å²) in [5.41, 5.74) is -6.26. The van der Waals surface area contributed by atoms with E-state index in [0.29, 0.717) is 12.1 Å². The molecule has 0 radical (unpaired) electrons. The van der Waals surface area contributed by atoms with Crippen LogP contribution in [0.4, 0.5) is 37.7 Å². The smallest absolute Gasteiger partial charge is 0.378 e. The van der Waals surface area contributed by atoms with Crippen molar-refractivity contribution >= 4 is 31.6 Å². The van der Waals surface area contributed by atoms with Crippen LogP contribution in [0.3, 0.4) is 0 Å². The Labute approximate surface area is 281 Å². The van der Waals surface area contributed by atoms with Gasteiger partial charge < -0.3 is 9.80 Å². The Kier molecular flexibility index (Phi) is 15.8. The number of anilines is 2. The third kappa shape index (κ3) is 13.3. The molecule has 2 N–H and O–H groups in total. The second kappa shape index (κ2) is 17.4. The van der Waals surface area contributed by atoms with Gasteiger partial charge in [0.1, 0.15) is 0 Å². The zero-order valence-electron chi connectivity index (χ0n) is 25.9. The molecule has 4 heterocycles. The van der Waals surface area contributed by atoms with Gasteiger partial charge in [0, 0.05) is 94.2 Å². The number of hydrogen-bond acceptors (Lipinski definition) is 10. The fraction of sp³-hybridized carbons (Fsp3) is 0.615. The second-order valence-corrected chi connectivity index (χ2v) is 13.8. The number of hydrogen-bond donors (Lipinski definition) is 2. The molecule has 0 amide bonds. The molecule has 2 aliphatic heterocycles. The third-order valence-corrected chi connectivity index (χ3v) is 8.39. The monoisotopic (exact) mass is 764 g/mol. The maximum atomic E-state index is 10.7. The van der Waals surface area contributed by atoms with Crippen LogP contribution in [0.15, 0.2) is 36.7 Å². The molecule has 12 nitrogen and oxygen atoms in total. The number of aromatic nitrogens is 2. The largest absolute Gasteiger partial charge is 0.522 e. The summed E-state index contributed by atoms with van der Waals surface area (Å²) in [6.45, 7) is 4.25. The summed E-state index contributed by atoms with van der Waals surface area (Å²) in [4.78, 5) is 19.0. The van der Waals surface area contributed by atoms with Crippen molar-refractivity contribution in [1.82, 2.24) is 19.8 Å².